The van der Waals surface area contributed by atoms with Crippen LogP contribution in [0.1, 0.15) is 26.3 Å². The van der Waals surface area contributed by atoms with E-state index in [4.69, 9.17) is 4.74 Å². The summed E-state index contributed by atoms with van der Waals surface area (Å²) >= 11 is 0. The molecule has 1 saturated heterocycles. The minimum atomic E-state index is -0.351. The van der Waals surface area contributed by atoms with Crippen molar-refractivity contribution in [2.45, 2.75) is 45.4 Å². The maximum atomic E-state index is 12.4. The molecule has 0 aromatic heterocycles. The molecule has 3 amide bonds. The first-order valence-corrected chi connectivity index (χ1v) is 8.58. The van der Waals surface area contributed by atoms with Crippen molar-refractivity contribution < 1.29 is 19.4 Å². The lowest BCUT2D eigenvalue weighted by Crippen LogP contribution is -2.51. The number of aliphatic hydroxyl groups is 1. The second kappa shape index (κ2) is 8.82. The number of morpholine rings is 1. The normalized spacial score (nSPS) is 20.4. The number of aliphatic hydroxyl groups excluding tert-OH is 1. The molecule has 138 valence electrons. The molecule has 1 fully saturated rings. The number of nitrogens with zero attached hydrogens (tertiary/aromatic N) is 1. The second-order valence-electron chi connectivity index (χ2n) is 6.68. The van der Waals surface area contributed by atoms with E-state index in [0.717, 1.165) is 5.56 Å². The van der Waals surface area contributed by atoms with Crippen LogP contribution in [0.2, 0.25) is 0 Å². The fraction of sp³-hybridized carbons (Fsp3) is 0.556. The summed E-state index contributed by atoms with van der Waals surface area (Å²) in [4.78, 5) is 25.8. The lowest BCUT2D eigenvalue weighted by Gasteiger charge is -2.36. The van der Waals surface area contributed by atoms with E-state index in [9.17, 15) is 14.7 Å². The molecule has 7 nitrogen and oxygen atoms in total. The number of hydrogen-bond donors (Lipinski definition) is 3. The Hall–Kier alpha value is -2.12. The Labute approximate surface area is 148 Å². The second-order valence-corrected chi connectivity index (χ2v) is 6.68. The minimum absolute atomic E-state index is 0.0239. The molecule has 0 bridgehead atoms. The molecule has 1 aliphatic rings. The van der Waals surface area contributed by atoms with Gasteiger partial charge in [0.15, 0.2) is 0 Å². The fourth-order valence-corrected chi connectivity index (χ4v) is 2.78. The number of amides is 3. The van der Waals surface area contributed by atoms with Crippen molar-refractivity contribution in [3.05, 3.63) is 29.8 Å². The van der Waals surface area contributed by atoms with Crippen molar-refractivity contribution in [3.63, 3.8) is 0 Å². The van der Waals surface area contributed by atoms with Crippen LogP contribution in [-0.2, 0) is 16.0 Å². The Kier molecular flexibility index (Phi) is 6.78. The van der Waals surface area contributed by atoms with Gasteiger partial charge in [-0.3, -0.25) is 4.79 Å². The van der Waals surface area contributed by atoms with Gasteiger partial charge in [-0.05, 0) is 38.5 Å². The summed E-state index contributed by atoms with van der Waals surface area (Å²) in [5.74, 6) is -0.0239. The zero-order valence-corrected chi connectivity index (χ0v) is 15.0. The Morgan fingerprint density at radius 3 is 2.56 bits per heavy atom. The summed E-state index contributed by atoms with van der Waals surface area (Å²) in [5, 5.41) is 14.9. The molecule has 0 spiro atoms. The summed E-state index contributed by atoms with van der Waals surface area (Å²) < 4.78 is 5.54. The Morgan fingerprint density at radius 2 is 1.96 bits per heavy atom. The SMILES string of the molecule is CC(C)NC(=O)Cc1ccc(NC(=O)N2C[C@@H](CO)O[C@H](C)C2)cc1. The molecule has 3 N–H and O–H groups in total. The minimum Gasteiger partial charge on any atom is -0.394 e. The van der Waals surface area contributed by atoms with Crippen LogP contribution in [0.15, 0.2) is 24.3 Å². The van der Waals surface area contributed by atoms with Crippen molar-refractivity contribution in [1.29, 1.82) is 0 Å². The number of carbonyl (C=O) groups is 2. The molecule has 1 aromatic rings. The predicted molar refractivity (Wildman–Crippen MR) is 95.4 cm³/mol. The number of ether oxygens (including phenoxy) is 1. The van der Waals surface area contributed by atoms with E-state index in [-0.39, 0.29) is 36.8 Å². The Balaban J connectivity index is 1.90. The van der Waals surface area contributed by atoms with E-state index < -0.39 is 0 Å². The van der Waals surface area contributed by atoms with Gasteiger partial charge in [0.25, 0.3) is 0 Å². The number of carbonyl (C=O) groups excluding carboxylic acids is 2. The highest BCUT2D eigenvalue weighted by Gasteiger charge is 2.27. The van der Waals surface area contributed by atoms with Crippen LogP contribution in [0, 0.1) is 0 Å². The highest BCUT2D eigenvalue weighted by molar-refractivity contribution is 5.89. The summed E-state index contributed by atoms with van der Waals surface area (Å²) in [6, 6.07) is 7.11. The average Bonchev–Trinajstić information content (AvgIpc) is 2.55. The number of rotatable bonds is 5. The van der Waals surface area contributed by atoms with Crippen LogP contribution >= 0.6 is 0 Å². The lowest BCUT2D eigenvalue weighted by atomic mass is 10.1. The number of urea groups is 1. The standard InChI is InChI=1S/C18H27N3O4/c1-12(2)19-17(23)8-14-4-6-15(7-5-14)20-18(24)21-9-13(3)25-16(10-21)11-22/h4-7,12-13,16,22H,8-11H2,1-3H3,(H,19,23)(H,20,24)/t13-,16+/m1/s1. The molecule has 1 aromatic carbocycles. The number of nitrogens with one attached hydrogen (secondary N) is 2. The van der Waals surface area contributed by atoms with Gasteiger partial charge in [0.1, 0.15) is 0 Å². The predicted octanol–water partition coefficient (Wildman–Crippen LogP) is 1.37. The molecule has 1 aliphatic heterocycles. The van der Waals surface area contributed by atoms with Crippen molar-refractivity contribution in [2.24, 2.45) is 0 Å². The molecule has 0 unspecified atom stereocenters. The van der Waals surface area contributed by atoms with Crippen LogP contribution < -0.4 is 10.6 Å². The topological polar surface area (TPSA) is 90.9 Å². The number of hydrogen-bond acceptors (Lipinski definition) is 4. The monoisotopic (exact) mass is 349 g/mol. The first kappa shape index (κ1) is 19.2. The van der Waals surface area contributed by atoms with Gasteiger partial charge in [0, 0.05) is 18.3 Å². The molecule has 0 aliphatic carbocycles. The van der Waals surface area contributed by atoms with E-state index in [1.54, 1.807) is 17.0 Å². The van der Waals surface area contributed by atoms with Crippen LogP contribution in [0.4, 0.5) is 10.5 Å². The first-order valence-electron chi connectivity index (χ1n) is 8.58. The largest absolute Gasteiger partial charge is 0.394 e. The average molecular weight is 349 g/mol. The summed E-state index contributed by atoms with van der Waals surface area (Å²) in [6.45, 7) is 6.45. The van der Waals surface area contributed by atoms with E-state index in [1.165, 1.54) is 0 Å². The molecular formula is C18H27N3O4. The van der Waals surface area contributed by atoms with Crippen LogP contribution in [0.5, 0.6) is 0 Å². The number of benzene rings is 1. The third kappa shape index (κ3) is 6.03. The lowest BCUT2D eigenvalue weighted by molar-refractivity contribution is -0.120. The van der Waals surface area contributed by atoms with Crippen LogP contribution in [0.25, 0.3) is 0 Å². The van der Waals surface area contributed by atoms with Gasteiger partial charge in [-0.25, -0.2) is 4.79 Å². The first-order chi connectivity index (χ1) is 11.9. The van der Waals surface area contributed by atoms with Gasteiger partial charge < -0.3 is 25.4 Å². The van der Waals surface area contributed by atoms with E-state index in [0.29, 0.717) is 25.2 Å². The van der Waals surface area contributed by atoms with E-state index in [1.807, 2.05) is 32.9 Å². The highest BCUT2D eigenvalue weighted by atomic mass is 16.5. The van der Waals surface area contributed by atoms with Crippen molar-refractivity contribution in [3.8, 4) is 0 Å². The van der Waals surface area contributed by atoms with Gasteiger partial charge in [-0.15, -0.1) is 0 Å². The summed E-state index contributed by atoms with van der Waals surface area (Å²) in [7, 11) is 0. The van der Waals surface area contributed by atoms with Crippen molar-refractivity contribution in [1.82, 2.24) is 10.2 Å². The molecular weight excluding hydrogens is 322 g/mol. The third-order valence-corrected chi connectivity index (χ3v) is 3.84. The van der Waals surface area contributed by atoms with Gasteiger partial charge in [0.05, 0.1) is 31.8 Å². The number of anilines is 1. The third-order valence-electron chi connectivity index (χ3n) is 3.84. The smallest absolute Gasteiger partial charge is 0.322 e. The zero-order valence-electron chi connectivity index (χ0n) is 15.0. The van der Waals surface area contributed by atoms with Gasteiger partial charge in [0.2, 0.25) is 5.91 Å². The fourth-order valence-electron chi connectivity index (χ4n) is 2.78. The molecule has 25 heavy (non-hydrogen) atoms. The molecule has 2 atom stereocenters. The molecule has 0 radical (unpaired) electrons. The van der Waals surface area contributed by atoms with Gasteiger partial charge in [-0.1, -0.05) is 12.1 Å². The van der Waals surface area contributed by atoms with Crippen molar-refractivity contribution >= 4 is 17.6 Å². The molecule has 7 heteroatoms. The van der Waals surface area contributed by atoms with Crippen LogP contribution in [0.3, 0.4) is 0 Å². The molecule has 0 saturated carbocycles. The Morgan fingerprint density at radius 1 is 1.28 bits per heavy atom. The maximum absolute atomic E-state index is 12.4. The summed E-state index contributed by atoms with van der Waals surface area (Å²) in [6.07, 6.45) is -0.152. The quantitative estimate of drug-likeness (QED) is 0.749. The molecule has 1 heterocycles. The highest BCUT2D eigenvalue weighted by Crippen LogP contribution is 2.15. The van der Waals surface area contributed by atoms with E-state index in [2.05, 4.69) is 10.6 Å². The van der Waals surface area contributed by atoms with Crippen LogP contribution in [-0.4, -0.2) is 59.9 Å². The zero-order chi connectivity index (χ0) is 18.4. The van der Waals surface area contributed by atoms with Gasteiger partial charge >= 0.3 is 6.03 Å². The Bertz CT molecular complexity index is 588. The van der Waals surface area contributed by atoms with Gasteiger partial charge in [-0.2, -0.15) is 0 Å². The molecule has 2 rings (SSSR count). The van der Waals surface area contributed by atoms with E-state index >= 15 is 0 Å². The van der Waals surface area contributed by atoms with Crippen molar-refractivity contribution in [2.75, 3.05) is 25.0 Å². The maximum Gasteiger partial charge on any atom is 0.322 e. The summed E-state index contributed by atoms with van der Waals surface area (Å²) in [5.41, 5.74) is 1.55.